The van der Waals surface area contributed by atoms with Crippen molar-refractivity contribution in [1.82, 2.24) is 14.3 Å². The van der Waals surface area contributed by atoms with Crippen molar-refractivity contribution < 1.29 is 22.0 Å². The molecule has 0 bridgehead atoms. The van der Waals surface area contributed by atoms with Crippen LogP contribution in [0.2, 0.25) is 0 Å². The maximum atomic E-state index is 14.5. The molecule has 0 aliphatic heterocycles. The van der Waals surface area contributed by atoms with Gasteiger partial charge in [0.25, 0.3) is 0 Å². The predicted molar refractivity (Wildman–Crippen MR) is 150 cm³/mol. The van der Waals surface area contributed by atoms with Crippen LogP contribution < -0.4 is 9.62 Å². The van der Waals surface area contributed by atoms with Gasteiger partial charge < -0.3 is 9.47 Å². The molecule has 3 atom stereocenters. The SMILES string of the molecule is Cn1ccnc1CN(C(=O)C1CC1c1ccccc1F)c1ccc2c(c1)C(NS(=O)(=O)c1cccc(F)c1)CCC2. The van der Waals surface area contributed by atoms with Crippen molar-refractivity contribution in [1.29, 1.82) is 0 Å². The van der Waals surface area contributed by atoms with Crippen molar-refractivity contribution in [3.05, 3.63) is 113 Å². The standard InChI is InChI=1S/C31H30F2N4O3S/c1-36-15-14-34-30(36)19-37(31(38)27-18-26(27)24-9-2-3-10-28(24)33)22-13-12-20-6-4-11-29(25(20)17-22)35-41(39,40)23-8-5-7-21(32)16-23/h2-3,5,7-10,12-17,26-27,29,35H,4,6,11,18-19H2,1H3. The van der Waals surface area contributed by atoms with Crippen LogP contribution in [0.4, 0.5) is 14.5 Å². The number of aryl methyl sites for hydroxylation is 2. The molecule has 1 amide bonds. The van der Waals surface area contributed by atoms with Crippen molar-refractivity contribution in [2.24, 2.45) is 13.0 Å². The minimum absolute atomic E-state index is 0.131. The van der Waals surface area contributed by atoms with Crippen molar-refractivity contribution in [2.45, 2.75) is 49.1 Å². The van der Waals surface area contributed by atoms with Crippen LogP contribution in [0, 0.1) is 17.6 Å². The second-order valence-corrected chi connectivity index (χ2v) is 12.5. The molecule has 212 valence electrons. The van der Waals surface area contributed by atoms with Gasteiger partial charge in [-0.25, -0.2) is 26.9 Å². The summed E-state index contributed by atoms with van der Waals surface area (Å²) in [5.74, 6) is -0.958. The largest absolute Gasteiger partial charge is 0.337 e. The Bertz CT molecular complexity index is 1720. The first kappa shape index (κ1) is 27.3. The molecule has 1 N–H and O–H groups in total. The number of carbonyl (C=O) groups excluding carboxylic acids is 1. The van der Waals surface area contributed by atoms with Crippen LogP contribution in [0.5, 0.6) is 0 Å². The second-order valence-electron chi connectivity index (χ2n) is 10.8. The summed E-state index contributed by atoms with van der Waals surface area (Å²) < 4.78 is 59.2. The van der Waals surface area contributed by atoms with Crippen molar-refractivity contribution >= 4 is 21.6 Å². The number of hydrogen-bond acceptors (Lipinski definition) is 4. The quantitative estimate of drug-likeness (QED) is 0.305. The van der Waals surface area contributed by atoms with Gasteiger partial charge in [0.1, 0.15) is 17.5 Å². The van der Waals surface area contributed by atoms with E-state index < -0.39 is 21.9 Å². The Balaban J connectivity index is 1.32. The number of hydrogen-bond donors (Lipinski definition) is 1. The number of halogens is 2. The normalized spacial score (nSPS) is 19.9. The molecule has 6 rings (SSSR count). The summed E-state index contributed by atoms with van der Waals surface area (Å²) in [5, 5.41) is 0. The average Bonchev–Trinajstić information content (AvgIpc) is 3.65. The van der Waals surface area contributed by atoms with Gasteiger partial charge in [0.05, 0.1) is 11.4 Å². The number of fused-ring (bicyclic) bond motifs is 1. The molecule has 2 aliphatic carbocycles. The molecule has 1 fully saturated rings. The van der Waals surface area contributed by atoms with E-state index in [1.807, 2.05) is 29.8 Å². The predicted octanol–water partition coefficient (Wildman–Crippen LogP) is 5.39. The van der Waals surface area contributed by atoms with Crippen LogP contribution in [0.1, 0.15) is 53.7 Å². The van der Waals surface area contributed by atoms with Gasteiger partial charge in [0.2, 0.25) is 15.9 Å². The lowest BCUT2D eigenvalue weighted by molar-refractivity contribution is -0.120. The van der Waals surface area contributed by atoms with E-state index >= 15 is 0 Å². The zero-order chi connectivity index (χ0) is 28.7. The van der Waals surface area contributed by atoms with Crippen LogP contribution in [-0.4, -0.2) is 23.9 Å². The molecule has 4 aromatic rings. The number of benzene rings is 3. The molecule has 41 heavy (non-hydrogen) atoms. The second kappa shape index (κ2) is 10.8. The Hall–Kier alpha value is -3.89. The Labute approximate surface area is 237 Å². The number of anilines is 1. The number of imidazole rings is 1. The average molecular weight is 577 g/mol. The van der Waals surface area contributed by atoms with E-state index in [-0.39, 0.29) is 35.0 Å². The van der Waals surface area contributed by atoms with Crippen LogP contribution in [-0.2, 0) is 34.8 Å². The number of rotatable bonds is 8. The van der Waals surface area contributed by atoms with E-state index in [1.54, 1.807) is 35.5 Å². The van der Waals surface area contributed by atoms with E-state index in [0.717, 1.165) is 30.0 Å². The number of carbonyl (C=O) groups is 1. The topological polar surface area (TPSA) is 84.3 Å². The zero-order valence-electron chi connectivity index (χ0n) is 22.5. The maximum absolute atomic E-state index is 14.5. The summed E-state index contributed by atoms with van der Waals surface area (Å²) in [6.45, 7) is 0.210. The van der Waals surface area contributed by atoms with Gasteiger partial charge in [0, 0.05) is 37.1 Å². The first-order chi connectivity index (χ1) is 19.7. The van der Waals surface area contributed by atoms with E-state index in [1.165, 1.54) is 24.3 Å². The van der Waals surface area contributed by atoms with Gasteiger partial charge in [0.15, 0.2) is 0 Å². The molecule has 10 heteroatoms. The molecule has 3 aromatic carbocycles. The first-order valence-corrected chi connectivity index (χ1v) is 15.1. The third kappa shape index (κ3) is 5.54. The number of nitrogens with one attached hydrogen (secondary N) is 1. The van der Waals surface area contributed by atoms with Crippen molar-refractivity contribution in [3.63, 3.8) is 0 Å². The molecule has 3 unspecified atom stereocenters. The highest BCUT2D eigenvalue weighted by Crippen LogP contribution is 2.50. The maximum Gasteiger partial charge on any atom is 0.241 e. The molecular weight excluding hydrogens is 546 g/mol. The zero-order valence-corrected chi connectivity index (χ0v) is 23.3. The number of aromatic nitrogens is 2. The molecule has 1 heterocycles. The minimum atomic E-state index is -3.99. The molecule has 0 saturated heterocycles. The molecule has 0 radical (unpaired) electrons. The summed E-state index contributed by atoms with van der Waals surface area (Å²) in [6.07, 6.45) is 6.15. The fourth-order valence-corrected chi connectivity index (χ4v) is 7.02. The van der Waals surface area contributed by atoms with Gasteiger partial charge in [-0.2, -0.15) is 0 Å². The fourth-order valence-electron chi connectivity index (χ4n) is 5.74. The van der Waals surface area contributed by atoms with E-state index in [9.17, 15) is 22.0 Å². The summed E-state index contributed by atoms with van der Waals surface area (Å²) in [5.41, 5.74) is 2.94. The minimum Gasteiger partial charge on any atom is -0.337 e. The van der Waals surface area contributed by atoms with Crippen molar-refractivity contribution in [2.75, 3.05) is 4.90 Å². The van der Waals surface area contributed by atoms with Crippen LogP contribution in [0.15, 0.2) is 84.0 Å². The van der Waals surface area contributed by atoms with Crippen LogP contribution >= 0.6 is 0 Å². The third-order valence-electron chi connectivity index (χ3n) is 8.06. The van der Waals surface area contributed by atoms with Gasteiger partial charge in [-0.3, -0.25) is 4.79 Å². The lowest BCUT2D eigenvalue weighted by Gasteiger charge is -2.29. The molecule has 2 aliphatic rings. The summed E-state index contributed by atoms with van der Waals surface area (Å²) in [6, 6.07) is 16.6. The van der Waals surface area contributed by atoms with Gasteiger partial charge in [-0.15, -0.1) is 0 Å². The van der Waals surface area contributed by atoms with Crippen LogP contribution in [0.25, 0.3) is 0 Å². The Kier molecular flexibility index (Phi) is 7.21. The number of nitrogens with zero attached hydrogens (tertiary/aromatic N) is 3. The van der Waals surface area contributed by atoms with Gasteiger partial charge >= 0.3 is 0 Å². The van der Waals surface area contributed by atoms with E-state index in [0.29, 0.717) is 29.9 Å². The molecule has 1 saturated carbocycles. The molecular formula is C31H30F2N4O3S. The highest BCUT2D eigenvalue weighted by atomic mass is 32.2. The number of amides is 1. The fraction of sp³-hybridized carbons (Fsp3) is 0.290. The highest BCUT2D eigenvalue weighted by Gasteiger charge is 2.47. The highest BCUT2D eigenvalue weighted by molar-refractivity contribution is 7.89. The Morgan fingerprint density at radius 3 is 2.66 bits per heavy atom. The Morgan fingerprint density at radius 1 is 1.07 bits per heavy atom. The summed E-state index contributed by atoms with van der Waals surface area (Å²) in [7, 11) is -2.13. The van der Waals surface area contributed by atoms with Gasteiger partial charge in [-0.1, -0.05) is 30.3 Å². The van der Waals surface area contributed by atoms with E-state index in [2.05, 4.69) is 9.71 Å². The third-order valence-corrected chi connectivity index (χ3v) is 9.53. The van der Waals surface area contributed by atoms with E-state index in [4.69, 9.17) is 0 Å². The Morgan fingerprint density at radius 2 is 1.90 bits per heavy atom. The monoisotopic (exact) mass is 576 g/mol. The van der Waals surface area contributed by atoms with Gasteiger partial charge in [-0.05, 0) is 84.7 Å². The summed E-state index contributed by atoms with van der Waals surface area (Å²) in [4.78, 5) is 19.9. The smallest absolute Gasteiger partial charge is 0.241 e. The molecule has 7 nitrogen and oxygen atoms in total. The molecule has 1 aromatic heterocycles. The van der Waals surface area contributed by atoms with Crippen LogP contribution in [0.3, 0.4) is 0 Å². The summed E-state index contributed by atoms with van der Waals surface area (Å²) >= 11 is 0. The number of sulfonamides is 1. The first-order valence-electron chi connectivity index (χ1n) is 13.6. The molecule has 0 spiro atoms. The van der Waals surface area contributed by atoms with Crippen molar-refractivity contribution in [3.8, 4) is 0 Å². The lowest BCUT2D eigenvalue weighted by atomic mass is 9.87. The lowest BCUT2D eigenvalue weighted by Crippen LogP contribution is -2.34.